The van der Waals surface area contributed by atoms with Crippen LogP contribution < -0.4 is 4.72 Å². The Balaban J connectivity index is 1.93. The number of rotatable bonds is 2. The summed E-state index contributed by atoms with van der Waals surface area (Å²) in [6.45, 7) is 0. The molecule has 0 radical (unpaired) electrons. The van der Waals surface area contributed by atoms with Crippen molar-refractivity contribution < 1.29 is 17.9 Å². The van der Waals surface area contributed by atoms with Gasteiger partial charge >= 0.3 is 0 Å². The van der Waals surface area contributed by atoms with Gasteiger partial charge in [-0.25, -0.2) is 13.1 Å². The highest BCUT2D eigenvalue weighted by molar-refractivity contribution is 7.90. The Labute approximate surface area is 86.8 Å². The van der Waals surface area contributed by atoms with Crippen LogP contribution in [0.15, 0.2) is 0 Å². The highest BCUT2D eigenvalue weighted by Gasteiger charge is 2.64. The van der Waals surface area contributed by atoms with Crippen LogP contribution in [-0.2, 0) is 19.5 Å². The van der Waals surface area contributed by atoms with Crippen molar-refractivity contribution in [3.05, 3.63) is 0 Å². The number of fused-ring (bicyclic) bond motifs is 1. The minimum absolute atomic E-state index is 0.0696. The molecule has 1 N–H and O–H groups in total. The van der Waals surface area contributed by atoms with E-state index in [2.05, 4.69) is 4.72 Å². The van der Waals surface area contributed by atoms with Gasteiger partial charge in [0, 0.05) is 0 Å². The molecular weight excluding hydrogens is 230 g/mol. The van der Waals surface area contributed by atoms with E-state index < -0.39 is 10.0 Å². The van der Waals surface area contributed by atoms with Gasteiger partial charge in [0.1, 0.15) is 17.4 Å². The molecule has 5 atom stereocenters. The van der Waals surface area contributed by atoms with Crippen LogP contribution in [-0.4, -0.2) is 44.1 Å². The second-order valence-corrected chi connectivity index (χ2v) is 5.99. The third kappa shape index (κ3) is 1.03. The van der Waals surface area contributed by atoms with Crippen molar-refractivity contribution in [3.63, 3.8) is 0 Å². The van der Waals surface area contributed by atoms with Gasteiger partial charge in [-0.15, -0.1) is 0 Å². The Morgan fingerprint density at radius 3 is 3.07 bits per heavy atom. The molecule has 80 valence electrons. The van der Waals surface area contributed by atoms with E-state index in [1.54, 1.807) is 0 Å². The molecule has 0 aromatic carbocycles. The van der Waals surface area contributed by atoms with E-state index in [0.717, 1.165) is 0 Å². The summed E-state index contributed by atoms with van der Waals surface area (Å²) in [5, 5.41) is -0.382. The minimum atomic E-state index is -3.18. The van der Waals surface area contributed by atoms with E-state index in [1.807, 2.05) is 0 Å². The lowest BCUT2D eigenvalue weighted by atomic mass is 9.93. The molecule has 5 unspecified atom stereocenters. The van der Waals surface area contributed by atoms with E-state index in [0.29, 0.717) is 6.42 Å². The van der Waals surface area contributed by atoms with Gasteiger partial charge in [-0.2, -0.15) is 0 Å². The lowest BCUT2D eigenvalue weighted by molar-refractivity contribution is 0.0151. The first-order valence-electron chi connectivity index (χ1n) is 4.47. The van der Waals surface area contributed by atoms with E-state index >= 15 is 0 Å². The molecule has 0 amide bonds. The minimum Gasteiger partial charge on any atom is -0.369 e. The van der Waals surface area contributed by atoms with Gasteiger partial charge in [0.05, 0.1) is 18.2 Å². The Bertz CT molecular complexity index is 359. The molecule has 14 heavy (non-hydrogen) atoms. The summed E-state index contributed by atoms with van der Waals surface area (Å²) in [5.41, 5.74) is 0. The van der Waals surface area contributed by atoms with Crippen molar-refractivity contribution in [1.29, 1.82) is 0 Å². The highest BCUT2D eigenvalue weighted by atomic mass is 35.5. The van der Waals surface area contributed by atoms with Gasteiger partial charge in [-0.05, 0) is 6.42 Å². The molecule has 2 bridgehead atoms. The summed E-state index contributed by atoms with van der Waals surface area (Å²) in [6.07, 6.45) is -0.0410. The van der Waals surface area contributed by atoms with Crippen LogP contribution in [0.1, 0.15) is 6.42 Å². The van der Waals surface area contributed by atoms with Crippen molar-refractivity contribution in [2.24, 2.45) is 0 Å². The standard InChI is InChI=1S/C7H10ClNO4S/c8-2-12-6-3-1-4-7(13-3)5(6)9-14(4,10)11/h3-7,9H,1-2H2. The molecule has 3 fully saturated rings. The number of hydrogen-bond donors (Lipinski definition) is 1. The quantitative estimate of drug-likeness (QED) is 0.655. The molecule has 0 spiro atoms. The van der Waals surface area contributed by atoms with Crippen LogP contribution in [0.3, 0.4) is 0 Å². The molecule has 5 nitrogen and oxygen atoms in total. The lowest BCUT2D eigenvalue weighted by Gasteiger charge is -2.21. The maximum absolute atomic E-state index is 11.6. The van der Waals surface area contributed by atoms with Gasteiger partial charge in [-0.1, -0.05) is 11.6 Å². The lowest BCUT2D eigenvalue weighted by Crippen LogP contribution is -2.43. The molecule has 0 aliphatic carbocycles. The number of ether oxygens (including phenoxy) is 2. The maximum atomic E-state index is 11.6. The second-order valence-electron chi connectivity index (χ2n) is 3.84. The van der Waals surface area contributed by atoms with Crippen LogP contribution >= 0.6 is 11.6 Å². The zero-order chi connectivity index (χ0) is 9.92. The Morgan fingerprint density at radius 2 is 2.36 bits per heavy atom. The van der Waals surface area contributed by atoms with E-state index in [4.69, 9.17) is 21.1 Å². The van der Waals surface area contributed by atoms with Crippen LogP contribution in [0.5, 0.6) is 0 Å². The molecule has 3 heterocycles. The van der Waals surface area contributed by atoms with E-state index in [-0.39, 0.29) is 35.7 Å². The van der Waals surface area contributed by atoms with Crippen molar-refractivity contribution in [1.82, 2.24) is 4.72 Å². The van der Waals surface area contributed by atoms with Crippen LogP contribution in [0.4, 0.5) is 0 Å². The average Bonchev–Trinajstić information content (AvgIpc) is 2.68. The Hall–Kier alpha value is 0.120. The molecule has 0 aromatic rings. The largest absolute Gasteiger partial charge is 0.369 e. The molecule has 0 aromatic heterocycles. The van der Waals surface area contributed by atoms with Gasteiger partial charge in [0.15, 0.2) is 0 Å². The van der Waals surface area contributed by atoms with Crippen molar-refractivity contribution >= 4 is 21.6 Å². The third-order valence-electron chi connectivity index (χ3n) is 3.19. The van der Waals surface area contributed by atoms with Crippen molar-refractivity contribution in [2.75, 3.05) is 6.07 Å². The Morgan fingerprint density at radius 1 is 1.57 bits per heavy atom. The van der Waals surface area contributed by atoms with E-state index in [9.17, 15) is 8.42 Å². The number of halogens is 1. The van der Waals surface area contributed by atoms with Crippen molar-refractivity contribution in [2.45, 2.75) is 36.0 Å². The van der Waals surface area contributed by atoms with Gasteiger partial charge in [0.2, 0.25) is 10.0 Å². The number of nitrogens with one attached hydrogen (secondary N) is 1. The summed E-state index contributed by atoms with van der Waals surface area (Å²) in [5.74, 6) is 0. The fraction of sp³-hybridized carbons (Fsp3) is 1.00. The van der Waals surface area contributed by atoms with E-state index in [1.165, 1.54) is 0 Å². The fourth-order valence-electron chi connectivity index (χ4n) is 2.65. The highest BCUT2D eigenvalue weighted by Crippen LogP contribution is 2.44. The number of alkyl halides is 1. The molecule has 3 aliphatic rings. The number of sulfonamides is 1. The SMILES string of the molecule is O=S1(=O)NC2C(OCCl)C3CC1C2O3. The number of hydrogen-bond acceptors (Lipinski definition) is 4. The van der Waals surface area contributed by atoms with Gasteiger partial charge in [-0.3, -0.25) is 0 Å². The third-order valence-corrected chi connectivity index (χ3v) is 5.18. The Kier molecular flexibility index (Phi) is 1.89. The predicted molar refractivity (Wildman–Crippen MR) is 48.5 cm³/mol. The molecular formula is C7H10ClNO4S. The monoisotopic (exact) mass is 239 g/mol. The summed E-state index contributed by atoms with van der Waals surface area (Å²) in [6, 6.07) is -0.164. The smallest absolute Gasteiger partial charge is 0.217 e. The topological polar surface area (TPSA) is 64.6 Å². The van der Waals surface area contributed by atoms with Crippen LogP contribution in [0, 0.1) is 0 Å². The summed E-state index contributed by atoms with van der Waals surface area (Å²) in [4.78, 5) is 0. The van der Waals surface area contributed by atoms with Crippen LogP contribution in [0.2, 0.25) is 0 Å². The fourth-order valence-corrected chi connectivity index (χ4v) is 4.65. The zero-order valence-electron chi connectivity index (χ0n) is 7.22. The molecule has 3 saturated heterocycles. The maximum Gasteiger partial charge on any atom is 0.217 e. The molecule has 7 heteroatoms. The first-order valence-corrected chi connectivity index (χ1v) is 6.56. The molecule has 3 rings (SSSR count). The summed E-state index contributed by atoms with van der Waals surface area (Å²) in [7, 11) is -3.18. The molecule has 3 aliphatic heterocycles. The van der Waals surface area contributed by atoms with Crippen molar-refractivity contribution in [3.8, 4) is 0 Å². The second kappa shape index (κ2) is 2.82. The van der Waals surface area contributed by atoms with Gasteiger partial charge < -0.3 is 9.47 Å². The van der Waals surface area contributed by atoms with Gasteiger partial charge in [0.25, 0.3) is 0 Å². The summed E-state index contributed by atoms with van der Waals surface area (Å²) < 4.78 is 36.5. The van der Waals surface area contributed by atoms with Crippen LogP contribution in [0.25, 0.3) is 0 Å². The normalized spacial score (nSPS) is 52.8. The first kappa shape index (κ1) is 9.35. The summed E-state index contributed by atoms with van der Waals surface area (Å²) >= 11 is 5.47. The predicted octanol–water partition coefficient (Wildman–Crippen LogP) is -0.591. The average molecular weight is 240 g/mol. The molecule has 0 saturated carbocycles. The first-order chi connectivity index (χ1) is 6.63. The zero-order valence-corrected chi connectivity index (χ0v) is 8.79.